The van der Waals surface area contributed by atoms with Crippen molar-refractivity contribution in [2.75, 3.05) is 38.2 Å². The number of rotatable bonds is 7. The van der Waals surface area contributed by atoms with Gasteiger partial charge in [-0.1, -0.05) is 30.3 Å². The van der Waals surface area contributed by atoms with Gasteiger partial charge in [0.1, 0.15) is 23.4 Å². The predicted molar refractivity (Wildman–Crippen MR) is 128 cm³/mol. The number of aromatic nitrogens is 4. The van der Waals surface area contributed by atoms with Crippen LogP contribution >= 0.6 is 0 Å². The molecule has 0 radical (unpaired) electrons. The van der Waals surface area contributed by atoms with Crippen LogP contribution in [0.15, 0.2) is 72.8 Å². The molecule has 1 fully saturated rings. The van der Waals surface area contributed by atoms with Crippen LogP contribution in [0, 0.1) is 11.6 Å². The number of ether oxygens (including phenoxy) is 1. The SMILES string of the molecule is COc1ccc(N2CCN([C@@H](c3ccccc3F)c3nnnn3Cc3ccc(F)cc3)CC2)cc1. The second-order valence-corrected chi connectivity index (χ2v) is 8.47. The van der Waals surface area contributed by atoms with E-state index in [0.717, 1.165) is 30.1 Å². The van der Waals surface area contributed by atoms with Gasteiger partial charge >= 0.3 is 0 Å². The lowest BCUT2D eigenvalue weighted by atomic mass is 10.0. The fourth-order valence-corrected chi connectivity index (χ4v) is 4.51. The van der Waals surface area contributed by atoms with Crippen LogP contribution in [0.1, 0.15) is 23.0 Å². The van der Waals surface area contributed by atoms with E-state index in [4.69, 9.17) is 4.74 Å². The molecule has 0 unspecified atom stereocenters. The maximum Gasteiger partial charge on any atom is 0.173 e. The van der Waals surface area contributed by atoms with Crippen LogP contribution in [-0.2, 0) is 6.54 Å². The second-order valence-electron chi connectivity index (χ2n) is 8.47. The standard InChI is InChI=1S/C26H26F2N6O/c1-35-22-12-10-21(11-13-22)32-14-16-33(17-15-32)25(23-4-2-3-5-24(23)28)26-29-30-31-34(26)18-19-6-8-20(27)9-7-19/h2-13,25H,14-18H2,1H3/t25-/m0/s1. The molecule has 1 saturated heterocycles. The average Bonchev–Trinajstić information content (AvgIpc) is 3.35. The molecule has 180 valence electrons. The van der Waals surface area contributed by atoms with Crippen LogP contribution in [0.25, 0.3) is 0 Å². The van der Waals surface area contributed by atoms with Gasteiger partial charge in [-0.05, 0) is 58.5 Å². The third-order valence-corrected chi connectivity index (χ3v) is 6.37. The van der Waals surface area contributed by atoms with Crippen LogP contribution in [0.4, 0.5) is 14.5 Å². The van der Waals surface area contributed by atoms with E-state index in [9.17, 15) is 4.39 Å². The third kappa shape index (κ3) is 5.00. The summed E-state index contributed by atoms with van der Waals surface area (Å²) in [5.74, 6) is 0.772. The molecule has 0 amide bonds. The topological polar surface area (TPSA) is 59.3 Å². The molecule has 0 aliphatic carbocycles. The summed E-state index contributed by atoms with van der Waals surface area (Å²) < 4.78 is 35.3. The lowest BCUT2D eigenvalue weighted by Gasteiger charge is -2.40. The summed E-state index contributed by atoms with van der Waals surface area (Å²) in [6.07, 6.45) is 0. The number of hydrogen-bond acceptors (Lipinski definition) is 6. The molecule has 5 rings (SSSR count). The number of hydrogen-bond donors (Lipinski definition) is 0. The van der Waals surface area contributed by atoms with Crippen LogP contribution in [0.2, 0.25) is 0 Å². The number of tetrazole rings is 1. The first kappa shape index (κ1) is 22.9. The number of halogens is 2. The molecular formula is C26H26F2N6O. The number of nitrogens with zero attached hydrogens (tertiary/aromatic N) is 6. The van der Waals surface area contributed by atoms with Gasteiger partial charge in [-0.2, -0.15) is 0 Å². The third-order valence-electron chi connectivity index (χ3n) is 6.37. The first-order valence-corrected chi connectivity index (χ1v) is 11.5. The average molecular weight is 477 g/mol. The molecule has 1 aliphatic heterocycles. The zero-order valence-electron chi connectivity index (χ0n) is 19.4. The van der Waals surface area contributed by atoms with Crippen molar-refractivity contribution in [1.29, 1.82) is 0 Å². The fourth-order valence-electron chi connectivity index (χ4n) is 4.51. The summed E-state index contributed by atoms with van der Waals surface area (Å²) in [4.78, 5) is 4.52. The zero-order chi connectivity index (χ0) is 24.2. The second kappa shape index (κ2) is 10.2. The monoisotopic (exact) mass is 476 g/mol. The van der Waals surface area contributed by atoms with Crippen molar-refractivity contribution in [2.24, 2.45) is 0 Å². The number of piperazine rings is 1. The molecule has 1 aromatic heterocycles. The maximum absolute atomic E-state index is 15.0. The first-order valence-electron chi connectivity index (χ1n) is 11.5. The van der Waals surface area contributed by atoms with Gasteiger partial charge in [0.15, 0.2) is 5.82 Å². The van der Waals surface area contributed by atoms with Crippen LogP contribution in [-0.4, -0.2) is 58.4 Å². The summed E-state index contributed by atoms with van der Waals surface area (Å²) in [5, 5.41) is 12.4. The Kier molecular flexibility index (Phi) is 6.67. The van der Waals surface area contributed by atoms with E-state index >= 15 is 4.39 Å². The van der Waals surface area contributed by atoms with Gasteiger partial charge in [-0.25, -0.2) is 13.5 Å². The minimum atomic E-state index is -0.454. The first-order chi connectivity index (χ1) is 17.1. The summed E-state index contributed by atoms with van der Waals surface area (Å²) in [6.45, 7) is 3.32. The molecule has 1 aliphatic rings. The van der Waals surface area contributed by atoms with Crippen molar-refractivity contribution >= 4 is 5.69 Å². The Morgan fingerprint density at radius 3 is 2.29 bits per heavy atom. The molecule has 0 spiro atoms. The predicted octanol–water partition coefficient (Wildman–Crippen LogP) is 3.92. The van der Waals surface area contributed by atoms with Crippen molar-refractivity contribution < 1.29 is 13.5 Å². The molecule has 35 heavy (non-hydrogen) atoms. The molecule has 7 nitrogen and oxygen atoms in total. The fraction of sp³-hybridized carbons (Fsp3) is 0.269. The Balaban J connectivity index is 1.41. The minimum Gasteiger partial charge on any atom is -0.497 e. The summed E-state index contributed by atoms with van der Waals surface area (Å²) >= 11 is 0. The molecule has 0 N–H and O–H groups in total. The Morgan fingerprint density at radius 2 is 1.60 bits per heavy atom. The van der Waals surface area contributed by atoms with Crippen molar-refractivity contribution in [3.8, 4) is 5.75 Å². The number of anilines is 1. The smallest absolute Gasteiger partial charge is 0.173 e. The van der Waals surface area contributed by atoms with Crippen molar-refractivity contribution in [3.63, 3.8) is 0 Å². The lowest BCUT2D eigenvalue weighted by Crippen LogP contribution is -2.48. The van der Waals surface area contributed by atoms with Gasteiger partial charge in [0.25, 0.3) is 0 Å². The Labute approximate surface area is 202 Å². The largest absolute Gasteiger partial charge is 0.497 e. The highest BCUT2D eigenvalue weighted by atomic mass is 19.1. The molecular weight excluding hydrogens is 450 g/mol. The highest BCUT2D eigenvalue weighted by Gasteiger charge is 2.32. The highest BCUT2D eigenvalue weighted by Crippen LogP contribution is 2.31. The molecule has 0 bridgehead atoms. The number of benzene rings is 3. The Hall–Kier alpha value is -3.85. The molecule has 9 heteroatoms. The van der Waals surface area contributed by atoms with E-state index in [1.165, 1.54) is 18.2 Å². The van der Waals surface area contributed by atoms with E-state index in [-0.39, 0.29) is 11.6 Å². The Morgan fingerprint density at radius 1 is 0.886 bits per heavy atom. The van der Waals surface area contributed by atoms with E-state index in [1.54, 1.807) is 36.1 Å². The van der Waals surface area contributed by atoms with Gasteiger partial charge in [0.2, 0.25) is 0 Å². The Bertz CT molecular complexity index is 1250. The lowest BCUT2D eigenvalue weighted by molar-refractivity contribution is 0.198. The summed E-state index contributed by atoms with van der Waals surface area (Å²) in [5.41, 5.74) is 2.51. The molecule has 2 heterocycles. The summed E-state index contributed by atoms with van der Waals surface area (Å²) in [7, 11) is 1.65. The van der Waals surface area contributed by atoms with Gasteiger partial charge in [0, 0.05) is 37.4 Å². The van der Waals surface area contributed by atoms with Gasteiger partial charge < -0.3 is 9.64 Å². The zero-order valence-corrected chi connectivity index (χ0v) is 19.4. The molecule has 1 atom stereocenters. The van der Waals surface area contributed by atoms with E-state index in [0.29, 0.717) is 31.0 Å². The van der Waals surface area contributed by atoms with Crippen molar-refractivity contribution in [3.05, 3.63) is 101 Å². The van der Waals surface area contributed by atoms with E-state index in [1.807, 2.05) is 30.3 Å². The van der Waals surface area contributed by atoms with Crippen molar-refractivity contribution in [2.45, 2.75) is 12.6 Å². The van der Waals surface area contributed by atoms with E-state index in [2.05, 4.69) is 25.3 Å². The minimum absolute atomic E-state index is 0.300. The van der Waals surface area contributed by atoms with Crippen LogP contribution in [0.5, 0.6) is 5.75 Å². The maximum atomic E-state index is 15.0. The molecule has 4 aromatic rings. The van der Waals surface area contributed by atoms with Gasteiger partial charge in [-0.15, -0.1) is 5.10 Å². The number of methoxy groups -OCH3 is 1. The van der Waals surface area contributed by atoms with Crippen LogP contribution in [0.3, 0.4) is 0 Å². The van der Waals surface area contributed by atoms with E-state index < -0.39 is 6.04 Å². The normalized spacial score (nSPS) is 15.2. The molecule has 3 aromatic carbocycles. The quantitative estimate of drug-likeness (QED) is 0.403. The molecule has 0 saturated carbocycles. The van der Waals surface area contributed by atoms with Gasteiger partial charge in [-0.3, -0.25) is 4.90 Å². The highest BCUT2D eigenvalue weighted by molar-refractivity contribution is 5.49. The van der Waals surface area contributed by atoms with Gasteiger partial charge in [0.05, 0.1) is 13.7 Å². The van der Waals surface area contributed by atoms with Crippen molar-refractivity contribution in [1.82, 2.24) is 25.1 Å². The summed E-state index contributed by atoms with van der Waals surface area (Å²) in [6, 6.07) is 20.5. The van der Waals surface area contributed by atoms with Crippen LogP contribution < -0.4 is 9.64 Å².